The number of halogens is 8. The fourth-order valence-corrected chi connectivity index (χ4v) is 2.00. The monoisotopic (exact) mass is 354 g/mol. The number of rotatable bonds is 2. The zero-order chi connectivity index (χ0) is 18.3. The van der Waals surface area contributed by atoms with Crippen molar-refractivity contribution in [3.05, 3.63) is 70.3 Å². The van der Waals surface area contributed by atoms with Crippen LogP contribution in [0.25, 0.3) is 0 Å². The number of carbonyl (C=O) groups is 1. The van der Waals surface area contributed by atoms with Crippen LogP contribution >= 0.6 is 0 Å². The van der Waals surface area contributed by atoms with Gasteiger partial charge in [0.05, 0.1) is 22.3 Å². The van der Waals surface area contributed by atoms with E-state index in [-0.39, 0.29) is 0 Å². The first-order valence-electron chi connectivity index (χ1n) is 6.20. The first kappa shape index (κ1) is 17.9. The van der Waals surface area contributed by atoms with E-state index in [2.05, 4.69) is 0 Å². The SMILES string of the molecule is O=C(c1cccc(C(F)(F)F)c1F)c1cccc(C(F)(F)F)c1F. The lowest BCUT2D eigenvalue weighted by Gasteiger charge is -2.13. The molecule has 0 bridgehead atoms. The molecule has 0 saturated heterocycles. The van der Waals surface area contributed by atoms with E-state index < -0.39 is 52.0 Å². The van der Waals surface area contributed by atoms with Gasteiger partial charge in [-0.15, -0.1) is 0 Å². The van der Waals surface area contributed by atoms with Gasteiger partial charge >= 0.3 is 12.4 Å². The molecule has 128 valence electrons. The lowest BCUT2D eigenvalue weighted by Crippen LogP contribution is -2.16. The summed E-state index contributed by atoms with van der Waals surface area (Å²) in [6.07, 6.45) is -10.2. The third kappa shape index (κ3) is 3.24. The van der Waals surface area contributed by atoms with Gasteiger partial charge in [-0.05, 0) is 24.3 Å². The molecule has 0 heterocycles. The lowest BCUT2D eigenvalue weighted by molar-refractivity contribution is -0.140. The van der Waals surface area contributed by atoms with Gasteiger partial charge in [-0.2, -0.15) is 26.3 Å². The molecular formula is C15H6F8O. The van der Waals surface area contributed by atoms with Crippen molar-refractivity contribution >= 4 is 5.78 Å². The average Bonchev–Trinajstić information content (AvgIpc) is 2.44. The zero-order valence-electron chi connectivity index (χ0n) is 11.4. The van der Waals surface area contributed by atoms with Gasteiger partial charge in [-0.25, -0.2) is 8.78 Å². The molecular weight excluding hydrogens is 348 g/mol. The summed E-state index contributed by atoms with van der Waals surface area (Å²) in [5.74, 6) is -5.58. The largest absolute Gasteiger partial charge is 0.419 e. The molecule has 0 saturated carbocycles. The fraction of sp³-hybridized carbons (Fsp3) is 0.133. The Labute approximate surface area is 129 Å². The Morgan fingerprint density at radius 3 is 1.29 bits per heavy atom. The molecule has 0 aliphatic rings. The minimum atomic E-state index is -5.12. The van der Waals surface area contributed by atoms with Crippen molar-refractivity contribution in [3.63, 3.8) is 0 Å². The van der Waals surface area contributed by atoms with Gasteiger partial charge in [0.15, 0.2) is 5.78 Å². The minimum Gasteiger partial charge on any atom is -0.288 e. The van der Waals surface area contributed by atoms with Gasteiger partial charge in [0.25, 0.3) is 0 Å². The predicted molar refractivity (Wildman–Crippen MR) is 66.2 cm³/mol. The molecule has 0 spiro atoms. The van der Waals surface area contributed by atoms with Gasteiger partial charge < -0.3 is 0 Å². The molecule has 0 N–H and O–H groups in total. The summed E-state index contributed by atoms with van der Waals surface area (Å²) in [6, 6.07) is 3.37. The molecule has 2 rings (SSSR count). The fourth-order valence-electron chi connectivity index (χ4n) is 2.00. The Bertz CT molecular complexity index is 724. The number of carbonyl (C=O) groups excluding carboxylic acids is 1. The van der Waals surface area contributed by atoms with E-state index in [0.717, 1.165) is 0 Å². The molecule has 2 aromatic rings. The van der Waals surface area contributed by atoms with Crippen LogP contribution in [0.4, 0.5) is 35.1 Å². The molecule has 0 aromatic heterocycles. The highest BCUT2D eigenvalue weighted by atomic mass is 19.4. The van der Waals surface area contributed by atoms with Crippen LogP contribution in [0.3, 0.4) is 0 Å². The highest BCUT2D eigenvalue weighted by molar-refractivity contribution is 6.09. The first-order valence-corrected chi connectivity index (χ1v) is 6.20. The van der Waals surface area contributed by atoms with Crippen LogP contribution in [-0.4, -0.2) is 5.78 Å². The molecule has 1 nitrogen and oxygen atoms in total. The van der Waals surface area contributed by atoms with Crippen LogP contribution in [0, 0.1) is 11.6 Å². The smallest absolute Gasteiger partial charge is 0.288 e. The third-order valence-corrected chi connectivity index (χ3v) is 3.10. The summed E-state index contributed by atoms with van der Waals surface area (Å²) in [5.41, 5.74) is -5.91. The van der Waals surface area contributed by atoms with Crippen molar-refractivity contribution in [1.29, 1.82) is 0 Å². The Balaban J connectivity index is 2.60. The molecule has 0 aliphatic carbocycles. The molecule has 24 heavy (non-hydrogen) atoms. The van der Waals surface area contributed by atoms with Gasteiger partial charge in [-0.1, -0.05) is 12.1 Å². The lowest BCUT2D eigenvalue weighted by atomic mass is 9.98. The van der Waals surface area contributed by atoms with Crippen LogP contribution in [-0.2, 0) is 12.4 Å². The molecule has 0 radical (unpaired) electrons. The van der Waals surface area contributed by atoms with Crippen molar-refractivity contribution in [2.24, 2.45) is 0 Å². The second-order valence-electron chi connectivity index (χ2n) is 4.66. The van der Waals surface area contributed by atoms with Crippen LogP contribution in [0.5, 0.6) is 0 Å². The Morgan fingerprint density at radius 1 is 0.667 bits per heavy atom. The van der Waals surface area contributed by atoms with E-state index in [4.69, 9.17) is 0 Å². The first-order chi connectivity index (χ1) is 10.9. The van der Waals surface area contributed by atoms with Gasteiger partial charge in [0.1, 0.15) is 11.6 Å². The molecule has 0 aliphatic heterocycles. The zero-order valence-corrected chi connectivity index (χ0v) is 11.4. The van der Waals surface area contributed by atoms with E-state index in [0.29, 0.717) is 36.4 Å². The molecule has 0 amide bonds. The Kier molecular flexibility index (Phi) is 4.38. The third-order valence-electron chi connectivity index (χ3n) is 3.10. The molecule has 2 aromatic carbocycles. The van der Waals surface area contributed by atoms with E-state index in [1.54, 1.807) is 0 Å². The summed E-state index contributed by atoms with van der Waals surface area (Å²) in [4.78, 5) is 12.0. The van der Waals surface area contributed by atoms with Crippen LogP contribution < -0.4 is 0 Å². The molecule has 0 atom stereocenters. The van der Waals surface area contributed by atoms with E-state index in [9.17, 15) is 39.9 Å². The molecule has 0 fully saturated rings. The normalized spacial score (nSPS) is 12.3. The number of hydrogen-bond acceptors (Lipinski definition) is 1. The van der Waals surface area contributed by atoms with Gasteiger partial charge in [0.2, 0.25) is 0 Å². The second kappa shape index (κ2) is 5.88. The number of hydrogen-bond donors (Lipinski definition) is 0. The highest BCUT2D eigenvalue weighted by Gasteiger charge is 2.38. The maximum atomic E-state index is 13.9. The van der Waals surface area contributed by atoms with Crippen molar-refractivity contribution in [1.82, 2.24) is 0 Å². The molecule has 0 unspecified atom stereocenters. The summed E-state index contributed by atoms with van der Waals surface area (Å²) in [7, 11) is 0. The number of ketones is 1. The van der Waals surface area contributed by atoms with Crippen molar-refractivity contribution in [3.8, 4) is 0 Å². The number of benzene rings is 2. The maximum absolute atomic E-state index is 13.9. The van der Waals surface area contributed by atoms with Gasteiger partial charge in [-0.3, -0.25) is 4.79 Å². The van der Waals surface area contributed by atoms with E-state index >= 15 is 0 Å². The van der Waals surface area contributed by atoms with E-state index in [1.807, 2.05) is 0 Å². The predicted octanol–water partition coefficient (Wildman–Crippen LogP) is 5.23. The van der Waals surface area contributed by atoms with Gasteiger partial charge in [0, 0.05) is 0 Å². The maximum Gasteiger partial charge on any atom is 0.419 e. The number of alkyl halides is 6. The minimum absolute atomic E-state index is 0.356. The average molecular weight is 354 g/mol. The summed E-state index contributed by atoms with van der Waals surface area (Å²) in [5, 5.41) is 0. The second-order valence-corrected chi connectivity index (χ2v) is 4.66. The van der Waals surface area contributed by atoms with Crippen molar-refractivity contribution in [2.75, 3.05) is 0 Å². The highest BCUT2D eigenvalue weighted by Crippen LogP contribution is 2.35. The quantitative estimate of drug-likeness (QED) is 0.533. The summed E-state index contributed by atoms with van der Waals surface area (Å²) in [6.45, 7) is 0. The Hall–Kier alpha value is -2.45. The van der Waals surface area contributed by atoms with Crippen LogP contribution in [0.15, 0.2) is 36.4 Å². The molecule has 9 heteroatoms. The van der Waals surface area contributed by atoms with Crippen LogP contribution in [0.1, 0.15) is 27.0 Å². The van der Waals surface area contributed by atoms with Crippen LogP contribution in [0.2, 0.25) is 0 Å². The summed E-state index contributed by atoms with van der Waals surface area (Å²) >= 11 is 0. The van der Waals surface area contributed by atoms with Crippen molar-refractivity contribution in [2.45, 2.75) is 12.4 Å². The summed E-state index contributed by atoms with van der Waals surface area (Å²) < 4.78 is 103. The standard InChI is InChI=1S/C15H6F8O/c16-11-7(3-1-5-9(11)14(18,19)20)13(24)8-4-2-6-10(12(8)17)15(21,22)23/h1-6H. The van der Waals surface area contributed by atoms with E-state index in [1.165, 1.54) is 0 Å². The Morgan fingerprint density at radius 2 is 1.00 bits per heavy atom. The van der Waals surface area contributed by atoms with Crippen molar-refractivity contribution < 1.29 is 39.9 Å². The topological polar surface area (TPSA) is 17.1 Å².